The predicted octanol–water partition coefficient (Wildman–Crippen LogP) is 6.86. The van der Waals surface area contributed by atoms with Crippen LogP contribution in [0.5, 0.6) is 0 Å². The van der Waals surface area contributed by atoms with E-state index in [0.717, 1.165) is 32.1 Å². The number of ether oxygens (including phenoxy) is 1. The molecule has 0 aromatic rings. The van der Waals surface area contributed by atoms with Crippen LogP contribution in [0.1, 0.15) is 110 Å². The van der Waals surface area contributed by atoms with Crippen LogP contribution in [-0.4, -0.2) is 57.0 Å². The number of phosphoric ester groups is 1. The molecule has 0 saturated heterocycles. The van der Waals surface area contributed by atoms with Crippen molar-refractivity contribution in [2.45, 2.75) is 122 Å². The zero-order valence-corrected chi connectivity index (χ0v) is 24.9. The third-order valence-electron chi connectivity index (χ3n) is 6.46. The Labute approximate surface area is 226 Å². The summed E-state index contributed by atoms with van der Waals surface area (Å²) in [6.45, 7) is 2.43. The van der Waals surface area contributed by atoms with Gasteiger partial charge in [0, 0.05) is 6.42 Å². The molecule has 37 heavy (non-hydrogen) atoms. The van der Waals surface area contributed by atoms with Crippen molar-refractivity contribution >= 4 is 13.8 Å². The zero-order valence-electron chi connectivity index (χ0n) is 24.0. The second-order valence-corrected chi connectivity index (χ2v) is 12.8. The Morgan fingerprint density at radius 3 is 2.05 bits per heavy atom. The highest BCUT2D eigenvalue weighted by Gasteiger charge is 2.23. The molecule has 1 rings (SSSR count). The van der Waals surface area contributed by atoms with E-state index in [1.54, 1.807) is 0 Å². The number of rotatable bonds is 6. The Morgan fingerprint density at radius 2 is 1.43 bits per heavy atom. The molecule has 1 aliphatic heterocycles. The maximum absolute atomic E-state index is 12.6. The number of nitrogens with zero attached hydrogens (tertiary/aromatic N) is 1. The first-order valence-corrected chi connectivity index (χ1v) is 16.0. The number of hydrogen-bond donors (Lipinski definition) is 0. The van der Waals surface area contributed by atoms with E-state index < -0.39 is 19.9 Å². The second-order valence-electron chi connectivity index (χ2n) is 11.4. The first-order valence-electron chi connectivity index (χ1n) is 14.5. The lowest BCUT2D eigenvalue weighted by atomic mass is 10.0. The first-order chi connectivity index (χ1) is 17.6. The van der Waals surface area contributed by atoms with E-state index in [1.807, 2.05) is 34.1 Å². The number of allylic oxidation sites excluding steroid dienone is 3. The van der Waals surface area contributed by atoms with Crippen LogP contribution < -0.4 is 4.89 Å². The molecule has 3 atom stereocenters. The normalized spacial score (nSPS) is 26.8. The summed E-state index contributed by atoms with van der Waals surface area (Å²) in [6.07, 6.45) is 23.7. The van der Waals surface area contributed by atoms with E-state index in [9.17, 15) is 14.3 Å². The highest BCUT2D eigenvalue weighted by atomic mass is 31.2. The minimum atomic E-state index is -4.51. The van der Waals surface area contributed by atoms with Crippen LogP contribution >= 0.6 is 7.82 Å². The van der Waals surface area contributed by atoms with Gasteiger partial charge in [0.1, 0.15) is 19.3 Å². The van der Waals surface area contributed by atoms with Crippen molar-refractivity contribution in [1.82, 2.24) is 0 Å². The predicted molar refractivity (Wildman–Crippen MR) is 149 cm³/mol. The van der Waals surface area contributed by atoms with Crippen molar-refractivity contribution in [2.75, 3.05) is 34.3 Å². The molecule has 0 N–H and O–H groups in total. The van der Waals surface area contributed by atoms with Crippen LogP contribution in [0.25, 0.3) is 0 Å². The van der Waals surface area contributed by atoms with Gasteiger partial charge in [-0.15, -0.1) is 0 Å². The van der Waals surface area contributed by atoms with Crippen LogP contribution in [0.15, 0.2) is 24.3 Å². The minimum Gasteiger partial charge on any atom is -0.756 e. The Bertz CT molecular complexity index is 703. The average molecular weight is 544 g/mol. The average Bonchev–Trinajstić information content (AvgIpc) is 2.78. The molecule has 0 fully saturated rings. The van der Waals surface area contributed by atoms with Crippen molar-refractivity contribution in [3.63, 3.8) is 0 Å². The SMILES string of the molecule is C[C@@H]1C/C=C/CC/C=C/CCCCCCCCCCCC[C@H](OP(=O)([O-])OCC[N+](C)(C)C)CC(=O)O1. The van der Waals surface area contributed by atoms with Gasteiger partial charge in [-0.3, -0.25) is 9.36 Å². The molecule has 1 heterocycles. The van der Waals surface area contributed by atoms with Gasteiger partial charge in [0.2, 0.25) is 0 Å². The summed E-state index contributed by atoms with van der Waals surface area (Å²) in [7, 11) is 1.37. The fourth-order valence-corrected chi connectivity index (χ4v) is 5.13. The summed E-state index contributed by atoms with van der Waals surface area (Å²) in [5.74, 6) is -0.436. The van der Waals surface area contributed by atoms with Gasteiger partial charge in [-0.25, -0.2) is 0 Å². The lowest BCUT2D eigenvalue weighted by Crippen LogP contribution is -2.37. The Kier molecular flexibility index (Phi) is 18.4. The molecular weight excluding hydrogens is 489 g/mol. The molecule has 1 aliphatic rings. The Balaban J connectivity index is 2.65. The number of likely N-dealkylation sites (N-methyl/N-ethyl adjacent to an activating group) is 1. The molecule has 8 heteroatoms. The Morgan fingerprint density at radius 1 is 0.892 bits per heavy atom. The van der Waals surface area contributed by atoms with E-state index in [0.29, 0.717) is 23.9 Å². The van der Waals surface area contributed by atoms with Crippen LogP contribution in [0.3, 0.4) is 0 Å². The van der Waals surface area contributed by atoms with E-state index in [-0.39, 0.29) is 19.1 Å². The summed E-state index contributed by atoms with van der Waals surface area (Å²) in [6, 6.07) is 0. The van der Waals surface area contributed by atoms with Crippen molar-refractivity contribution in [3.05, 3.63) is 24.3 Å². The summed E-state index contributed by atoms with van der Waals surface area (Å²) in [5, 5.41) is 0. The molecule has 0 spiro atoms. The van der Waals surface area contributed by atoms with E-state index in [2.05, 4.69) is 18.2 Å². The van der Waals surface area contributed by atoms with E-state index in [1.165, 1.54) is 51.4 Å². The van der Waals surface area contributed by atoms with Gasteiger partial charge in [0.05, 0.1) is 33.7 Å². The van der Waals surface area contributed by atoms with Gasteiger partial charge >= 0.3 is 5.97 Å². The van der Waals surface area contributed by atoms with E-state index >= 15 is 0 Å². The smallest absolute Gasteiger partial charge is 0.308 e. The molecule has 1 unspecified atom stereocenters. The molecule has 0 bridgehead atoms. The molecule has 0 aromatic heterocycles. The van der Waals surface area contributed by atoms with Gasteiger partial charge in [0.25, 0.3) is 7.82 Å². The van der Waals surface area contributed by atoms with Crippen molar-refractivity contribution in [3.8, 4) is 0 Å². The van der Waals surface area contributed by atoms with Gasteiger partial charge in [0.15, 0.2) is 0 Å². The third kappa shape index (κ3) is 21.6. The molecule has 0 amide bonds. The van der Waals surface area contributed by atoms with Crippen molar-refractivity contribution in [2.24, 2.45) is 0 Å². The molecule has 7 nitrogen and oxygen atoms in total. The monoisotopic (exact) mass is 543 g/mol. The first kappa shape index (κ1) is 34.0. The van der Waals surface area contributed by atoms with Gasteiger partial charge in [-0.1, -0.05) is 82.1 Å². The number of phosphoric acid groups is 1. The lowest BCUT2D eigenvalue weighted by Gasteiger charge is -2.30. The van der Waals surface area contributed by atoms with Crippen molar-refractivity contribution < 1.29 is 32.5 Å². The molecule has 0 aliphatic carbocycles. The molecule has 0 aromatic carbocycles. The fourth-order valence-electron chi connectivity index (χ4n) is 4.22. The standard InChI is InChI=1S/C29H54NO6P/c1-27-22-20-18-16-14-12-10-8-6-5-7-9-11-13-15-17-19-21-23-28(26-29(31)35-27)36-37(32,33)34-25-24-30(2,3)4/h10,12,18,20,27-28H,5-9,11,13-17,19,21-26H2,1-4H3/b12-10+,20-18+/t27-,28+/m1/s1. The maximum atomic E-state index is 12.6. The van der Waals surface area contributed by atoms with Gasteiger partial charge < -0.3 is 23.2 Å². The minimum absolute atomic E-state index is 0.0423. The maximum Gasteiger partial charge on any atom is 0.308 e. The number of esters is 1. The second kappa shape index (κ2) is 20.0. The highest BCUT2D eigenvalue weighted by Crippen LogP contribution is 2.41. The Hall–Kier alpha value is -0.980. The summed E-state index contributed by atoms with van der Waals surface area (Å²) >= 11 is 0. The zero-order chi connectivity index (χ0) is 27.4. The summed E-state index contributed by atoms with van der Waals surface area (Å²) in [4.78, 5) is 25.0. The number of hydrogen-bond acceptors (Lipinski definition) is 6. The van der Waals surface area contributed by atoms with Crippen LogP contribution in [0.2, 0.25) is 0 Å². The molecule has 0 radical (unpaired) electrons. The number of quaternary nitrogens is 1. The number of cyclic esters (lactones) is 1. The number of carbonyl (C=O) groups excluding carboxylic acids is 1. The highest BCUT2D eigenvalue weighted by molar-refractivity contribution is 7.45. The van der Waals surface area contributed by atoms with Crippen LogP contribution in [-0.2, 0) is 23.1 Å². The van der Waals surface area contributed by atoms with Crippen LogP contribution in [0.4, 0.5) is 0 Å². The molecule has 216 valence electrons. The van der Waals surface area contributed by atoms with Gasteiger partial charge in [-0.05, 0) is 39.0 Å². The van der Waals surface area contributed by atoms with Crippen LogP contribution in [0, 0.1) is 0 Å². The summed E-state index contributed by atoms with van der Waals surface area (Å²) < 4.78 is 29.0. The summed E-state index contributed by atoms with van der Waals surface area (Å²) in [5.41, 5.74) is 0. The largest absolute Gasteiger partial charge is 0.756 e. The molecular formula is C29H54NO6P. The van der Waals surface area contributed by atoms with Gasteiger partial charge in [-0.2, -0.15) is 0 Å². The number of carbonyl (C=O) groups is 1. The topological polar surface area (TPSA) is 84.9 Å². The van der Waals surface area contributed by atoms with E-state index in [4.69, 9.17) is 13.8 Å². The third-order valence-corrected chi connectivity index (χ3v) is 7.52. The molecule has 0 saturated carbocycles. The van der Waals surface area contributed by atoms with Crippen molar-refractivity contribution in [1.29, 1.82) is 0 Å². The fraction of sp³-hybridized carbons (Fsp3) is 0.828. The quantitative estimate of drug-likeness (QED) is 0.157. The lowest BCUT2D eigenvalue weighted by molar-refractivity contribution is -0.870.